The lowest BCUT2D eigenvalue weighted by Gasteiger charge is -2.11. The predicted octanol–water partition coefficient (Wildman–Crippen LogP) is 3.43. The highest BCUT2D eigenvalue weighted by molar-refractivity contribution is 7.89. The highest BCUT2D eigenvalue weighted by Gasteiger charge is 2.34. The van der Waals surface area contributed by atoms with Crippen molar-refractivity contribution in [3.05, 3.63) is 52.9 Å². The van der Waals surface area contributed by atoms with Gasteiger partial charge >= 0.3 is 6.18 Å². The normalized spacial score (nSPS) is 12.6. The van der Waals surface area contributed by atoms with Gasteiger partial charge in [0, 0.05) is 0 Å². The Morgan fingerprint density at radius 1 is 1.24 bits per heavy atom. The smallest absolute Gasteiger partial charge is 0.417 e. The summed E-state index contributed by atoms with van der Waals surface area (Å²) in [5, 5.41) is -0.563. The lowest BCUT2D eigenvalue weighted by atomic mass is 10.2. The van der Waals surface area contributed by atoms with E-state index in [1.807, 2.05) is 0 Å². The maximum absolute atomic E-state index is 12.7. The molecule has 0 saturated carbocycles. The molecule has 1 N–H and O–H groups in total. The first kappa shape index (κ1) is 15.9. The molecule has 0 radical (unpaired) electrons. The number of hydrogen-bond donors (Lipinski definition) is 1. The van der Waals surface area contributed by atoms with E-state index >= 15 is 0 Å². The Balaban J connectivity index is 2.28. The number of nitrogens with one attached hydrogen (secondary N) is 1. The first-order chi connectivity index (χ1) is 9.70. The number of furan rings is 1. The van der Waals surface area contributed by atoms with Gasteiger partial charge in [-0.3, -0.25) is 0 Å². The summed E-state index contributed by atoms with van der Waals surface area (Å²) in [6.07, 6.45) is -3.38. The number of rotatable bonds is 4. The SMILES string of the molecule is O=S(=O)(NCc1ccco1)c1ccc(Cl)c(C(F)(F)F)c1. The zero-order chi connectivity index (χ0) is 15.7. The Bertz CT molecular complexity index is 727. The fourth-order valence-electron chi connectivity index (χ4n) is 1.55. The quantitative estimate of drug-likeness (QED) is 0.928. The summed E-state index contributed by atoms with van der Waals surface area (Å²) in [5.41, 5.74) is -1.20. The van der Waals surface area contributed by atoms with Crippen molar-refractivity contribution in [1.82, 2.24) is 4.72 Å². The Hall–Kier alpha value is -1.51. The third-order valence-corrected chi connectivity index (χ3v) is 4.30. The van der Waals surface area contributed by atoms with Crippen LogP contribution in [0.25, 0.3) is 0 Å². The Morgan fingerprint density at radius 3 is 2.52 bits per heavy atom. The van der Waals surface area contributed by atoms with Gasteiger partial charge < -0.3 is 4.42 Å². The molecule has 4 nitrogen and oxygen atoms in total. The summed E-state index contributed by atoms with van der Waals surface area (Å²) in [6, 6.07) is 5.49. The lowest BCUT2D eigenvalue weighted by Crippen LogP contribution is -2.23. The molecule has 0 saturated heterocycles. The molecular formula is C12H9ClF3NO3S. The summed E-state index contributed by atoms with van der Waals surface area (Å²) in [5.74, 6) is 0.337. The number of hydrogen-bond acceptors (Lipinski definition) is 3. The molecule has 0 aliphatic heterocycles. The molecule has 0 amide bonds. The monoisotopic (exact) mass is 339 g/mol. The van der Waals surface area contributed by atoms with Crippen LogP contribution in [0.2, 0.25) is 5.02 Å². The maximum atomic E-state index is 12.7. The van der Waals surface area contributed by atoms with E-state index in [1.54, 1.807) is 6.07 Å². The van der Waals surface area contributed by atoms with Gasteiger partial charge in [0.25, 0.3) is 0 Å². The minimum atomic E-state index is -4.73. The number of benzene rings is 1. The van der Waals surface area contributed by atoms with E-state index in [2.05, 4.69) is 4.72 Å². The van der Waals surface area contributed by atoms with Gasteiger partial charge in [0.2, 0.25) is 10.0 Å². The minimum Gasteiger partial charge on any atom is -0.468 e. The van der Waals surface area contributed by atoms with Crippen molar-refractivity contribution in [2.24, 2.45) is 0 Å². The van der Waals surface area contributed by atoms with Gasteiger partial charge in [-0.05, 0) is 30.3 Å². The zero-order valence-electron chi connectivity index (χ0n) is 10.3. The molecule has 0 fully saturated rings. The van der Waals surface area contributed by atoms with E-state index in [0.29, 0.717) is 11.8 Å². The molecule has 114 valence electrons. The van der Waals surface area contributed by atoms with Crippen molar-refractivity contribution in [2.45, 2.75) is 17.6 Å². The molecule has 9 heteroatoms. The Labute approximate surface area is 123 Å². The summed E-state index contributed by atoms with van der Waals surface area (Å²) >= 11 is 5.44. The van der Waals surface area contributed by atoms with Gasteiger partial charge in [0.15, 0.2) is 0 Å². The van der Waals surface area contributed by atoms with Gasteiger partial charge in [-0.15, -0.1) is 0 Å². The fraction of sp³-hybridized carbons (Fsp3) is 0.167. The van der Waals surface area contributed by atoms with E-state index in [4.69, 9.17) is 16.0 Å². The lowest BCUT2D eigenvalue weighted by molar-refractivity contribution is -0.137. The van der Waals surface area contributed by atoms with Gasteiger partial charge in [0.05, 0.1) is 28.3 Å². The van der Waals surface area contributed by atoms with E-state index in [1.165, 1.54) is 12.3 Å². The topological polar surface area (TPSA) is 59.3 Å². The van der Waals surface area contributed by atoms with Crippen LogP contribution in [0.15, 0.2) is 45.9 Å². The molecule has 1 aromatic heterocycles. The Morgan fingerprint density at radius 2 is 1.95 bits per heavy atom. The summed E-state index contributed by atoms with van der Waals surface area (Å²) in [6.45, 7) is -0.167. The predicted molar refractivity (Wildman–Crippen MR) is 69.2 cm³/mol. The molecular weight excluding hydrogens is 331 g/mol. The fourth-order valence-corrected chi connectivity index (χ4v) is 2.80. The first-order valence-electron chi connectivity index (χ1n) is 5.59. The van der Waals surface area contributed by atoms with Gasteiger partial charge in [-0.2, -0.15) is 13.2 Å². The number of alkyl halides is 3. The molecule has 0 unspecified atom stereocenters. The third-order valence-electron chi connectivity index (χ3n) is 2.57. The number of sulfonamides is 1. The zero-order valence-corrected chi connectivity index (χ0v) is 11.9. The van der Waals surface area contributed by atoms with Crippen LogP contribution in [0.3, 0.4) is 0 Å². The average Bonchev–Trinajstić information content (AvgIpc) is 2.88. The van der Waals surface area contributed by atoms with Crippen molar-refractivity contribution < 1.29 is 26.0 Å². The third kappa shape index (κ3) is 3.78. The summed E-state index contributed by atoms with van der Waals surface area (Å²) in [7, 11) is -4.10. The average molecular weight is 340 g/mol. The van der Waals surface area contributed by atoms with Gasteiger partial charge in [0.1, 0.15) is 5.76 Å². The second kappa shape index (κ2) is 5.70. The molecule has 2 rings (SSSR count). The van der Waals surface area contributed by atoms with Crippen LogP contribution in [0.5, 0.6) is 0 Å². The van der Waals surface area contributed by atoms with E-state index in [9.17, 15) is 21.6 Å². The highest BCUT2D eigenvalue weighted by atomic mass is 35.5. The molecule has 1 heterocycles. The molecule has 1 aromatic carbocycles. The van der Waals surface area contributed by atoms with Crippen LogP contribution in [-0.4, -0.2) is 8.42 Å². The molecule has 0 aliphatic rings. The van der Waals surface area contributed by atoms with Crippen LogP contribution >= 0.6 is 11.6 Å². The number of halogens is 4. The summed E-state index contributed by atoms with van der Waals surface area (Å²) in [4.78, 5) is -0.522. The van der Waals surface area contributed by atoms with Gasteiger partial charge in [-0.1, -0.05) is 11.6 Å². The van der Waals surface area contributed by atoms with Crippen molar-refractivity contribution in [3.8, 4) is 0 Å². The van der Waals surface area contributed by atoms with Crippen molar-refractivity contribution in [1.29, 1.82) is 0 Å². The molecule has 2 aromatic rings. The minimum absolute atomic E-state index is 0.167. The molecule has 0 atom stereocenters. The second-order valence-corrected chi connectivity index (χ2v) is 6.22. The largest absolute Gasteiger partial charge is 0.468 e. The van der Waals surface area contributed by atoms with Crippen LogP contribution in [0.4, 0.5) is 13.2 Å². The maximum Gasteiger partial charge on any atom is 0.417 e. The molecule has 0 aliphatic carbocycles. The highest BCUT2D eigenvalue weighted by Crippen LogP contribution is 2.35. The second-order valence-electron chi connectivity index (χ2n) is 4.04. The standard InChI is InChI=1S/C12H9ClF3NO3S/c13-11-4-3-9(6-10(11)12(14,15)16)21(18,19)17-7-8-2-1-5-20-8/h1-6,17H,7H2. The van der Waals surface area contributed by atoms with Gasteiger partial charge in [-0.25, -0.2) is 13.1 Å². The molecule has 21 heavy (non-hydrogen) atoms. The van der Waals surface area contributed by atoms with Crippen LogP contribution < -0.4 is 4.72 Å². The van der Waals surface area contributed by atoms with Crippen molar-refractivity contribution in [3.63, 3.8) is 0 Å². The molecule has 0 spiro atoms. The van der Waals surface area contributed by atoms with Crippen LogP contribution in [0, 0.1) is 0 Å². The molecule has 0 bridgehead atoms. The van der Waals surface area contributed by atoms with E-state index < -0.39 is 31.7 Å². The first-order valence-corrected chi connectivity index (χ1v) is 7.45. The van der Waals surface area contributed by atoms with E-state index in [0.717, 1.165) is 12.1 Å². The van der Waals surface area contributed by atoms with Crippen molar-refractivity contribution >= 4 is 21.6 Å². The van der Waals surface area contributed by atoms with Crippen LogP contribution in [0.1, 0.15) is 11.3 Å². The van der Waals surface area contributed by atoms with Crippen LogP contribution in [-0.2, 0) is 22.7 Å². The van der Waals surface area contributed by atoms with Crippen molar-refractivity contribution in [2.75, 3.05) is 0 Å². The Kier molecular flexibility index (Phi) is 4.31. The summed E-state index contributed by atoms with van der Waals surface area (Å²) < 4.78 is 69.1. The van der Waals surface area contributed by atoms with E-state index in [-0.39, 0.29) is 6.54 Å².